The predicted molar refractivity (Wildman–Crippen MR) is 191 cm³/mol. The molecule has 0 bridgehead atoms. The fraction of sp³-hybridized carbons (Fsp3) is 0.500. The third-order valence-corrected chi connectivity index (χ3v) is 10.7. The molecule has 1 fully saturated rings. The fourth-order valence-corrected chi connectivity index (χ4v) is 7.43. The zero-order chi connectivity index (χ0) is 32.5. The summed E-state index contributed by atoms with van der Waals surface area (Å²) in [5.74, 6) is 1.97. The smallest absolute Gasteiger partial charge is 0.214 e. The van der Waals surface area contributed by atoms with E-state index in [1.807, 2.05) is 49.0 Å². The maximum Gasteiger partial charge on any atom is 0.214 e. The van der Waals surface area contributed by atoms with Gasteiger partial charge in [-0.1, -0.05) is 45.1 Å². The number of aldehydes is 1. The number of piperidine rings is 1. The second-order valence-corrected chi connectivity index (χ2v) is 13.7. The first-order chi connectivity index (χ1) is 21.7. The molecule has 4 N–H and O–H groups in total. The lowest BCUT2D eigenvalue weighted by Gasteiger charge is -2.37. The summed E-state index contributed by atoms with van der Waals surface area (Å²) in [6.45, 7) is 19.1. The van der Waals surface area contributed by atoms with Crippen LogP contribution in [0.1, 0.15) is 58.1 Å². The molecule has 4 rings (SSSR count). The quantitative estimate of drug-likeness (QED) is 0.105. The minimum atomic E-state index is -0.405. The van der Waals surface area contributed by atoms with Gasteiger partial charge in [-0.05, 0) is 86.4 Å². The first-order valence-corrected chi connectivity index (χ1v) is 17.3. The number of fused-ring (bicyclic) bond motifs is 1. The zero-order valence-electron chi connectivity index (χ0n) is 27.9. The van der Waals surface area contributed by atoms with Crippen molar-refractivity contribution in [2.24, 2.45) is 11.8 Å². The fourth-order valence-electron chi connectivity index (χ4n) is 6.31. The second-order valence-electron chi connectivity index (χ2n) is 12.7. The van der Waals surface area contributed by atoms with Crippen LogP contribution in [0.2, 0.25) is 0 Å². The van der Waals surface area contributed by atoms with Gasteiger partial charge in [0.25, 0.3) is 0 Å². The molecule has 0 spiro atoms. The van der Waals surface area contributed by atoms with Gasteiger partial charge in [0.2, 0.25) is 6.41 Å². The van der Waals surface area contributed by atoms with Crippen molar-refractivity contribution in [2.45, 2.75) is 66.1 Å². The average Bonchev–Trinajstić information content (AvgIpc) is 3.44. The molecule has 1 aliphatic carbocycles. The molecule has 244 valence electrons. The Bertz CT molecular complexity index is 1360. The number of rotatable bonds is 15. The molecule has 3 atom stereocenters. The van der Waals surface area contributed by atoms with Gasteiger partial charge in [-0.25, -0.2) is 0 Å². The number of nitrogens with one attached hydrogen (secondary N) is 4. The van der Waals surface area contributed by atoms with Gasteiger partial charge in [-0.15, -0.1) is 11.8 Å². The normalized spacial score (nSPS) is 21.5. The molecule has 8 nitrogen and oxygen atoms in total. The Morgan fingerprint density at radius 3 is 2.51 bits per heavy atom. The molecule has 9 heteroatoms. The number of carbonyl (C=O) groups is 2. The molecule has 2 aliphatic heterocycles. The van der Waals surface area contributed by atoms with Crippen LogP contribution in [0.5, 0.6) is 0 Å². The second kappa shape index (κ2) is 16.2. The van der Waals surface area contributed by atoms with Crippen molar-refractivity contribution in [3.8, 4) is 0 Å². The molecule has 1 saturated heterocycles. The lowest BCUT2D eigenvalue weighted by Crippen LogP contribution is -2.43. The van der Waals surface area contributed by atoms with Crippen LogP contribution >= 0.6 is 11.8 Å². The molecule has 0 aromatic heterocycles. The molecule has 0 radical (unpaired) electrons. The number of nitrogens with zero attached hydrogens (tertiary/aromatic N) is 2. The molecule has 2 heterocycles. The summed E-state index contributed by atoms with van der Waals surface area (Å²) in [5, 5.41) is 13.6. The van der Waals surface area contributed by atoms with E-state index in [1.54, 1.807) is 0 Å². The number of aryl methyl sites for hydroxylation is 1. The third kappa shape index (κ3) is 8.64. The molecule has 1 aromatic rings. The van der Waals surface area contributed by atoms with Crippen LogP contribution in [-0.2, 0) is 9.59 Å². The summed E-state index contributed by atoms with van der Waals surface area (Å²) < 4.78 is 0. The van der Waals surface area contributed by atoms with Crippen LogP contribution in [0.4, 0.5) is 11.4 Å². The minimum Gasteiger partial charge on any atom is -0.394 e. The number of amides is 1. The van der Waals surface area contributed by atoms with E-state index in [1.165, 1.54) is 10.5 Å². The first kappa shape index (κ1) is 34.4. The standard InChI is InChI=1S/C36H52N6O2S/c1-8-41-15-12-29(13-16-41)42(23-44)28(6)30-19-34-33(18-26(30)4)39-36(40-34)31(21-43)32(11-14-37-7)38-20-25(3)22-45-35-10-9-24(2)17-27(35)5/h9-11,14,18-19,21,23,25,27,29,36-40H,6,8,12-13,15-17,20,22H2,1-5,7H3/b14-11-,32-31-. The van der Waals surface area contributed by atoms with Gasteiger partial charge in [-0.2, -0.15) is 0 Å². The van der Waals surface area contributed by atoms with Gasteiger partial charge in [0.05, 0.1) is 16.9 Å². The molecule has 1 aromatic carbocycles. The molecule has 1 amide bonds. The summed E-state index contributed by atoms with van der Waals surface area (Å²) in [7, 11) is 1.85. The largest absolute Gasteiger partial charge is 0.394 e. The molecule has 3 aliphatic rings. The lowest BCUT2D eigenvalue weighted by molar-refractivity contribution is -0.117. The topological polar surface area (TPSA) is 88.7 Å². The monoisotopic (exact) mass is 632 g/mol. The summed E-state index contributed by atoms with van der Waals surface area (Å²) in [6, 6.07) is 4.26. The summed E-state index contributed by atoms with van der Waals surface area (Å²) in [6.07, 6.45) is 12.7. The summed E-state index contributed by atoms with van der Waals surface area (Å²) in [5.41, 5.74) is 7.27. The third-order valence-electron chi connectivity index (χ3n) is 9.09. The van der Waals surface area contributed by atoms with E-state index in [0.29, 0.717) is 23.1 Å². The lowest BCUT2D eigenvalue weighted by atomic mass is 9.97. The van der Waals surface area contributed by atoms with E-state index >= 15 is 0 Å². The van der Waals surface area contributed by atoms with Crippen LogP contribution in [-0.4, -0.2) is 73.7 Å². The van der Waals surface area contributed by atoms with Crippen LogP contribution in [0.15, 0.2) is 64.9 Å². The Kier molecular flexibility index (Phi) is 12.4. The number of hydrogen-bond donors (Lipinski definition) is 4. The number of thioether (sulfide) groups is 1. The van der Waals surface area contributed by atoms with Crippen LogP contribution < -0.4 is 21.3 Å². The van der Waals surface area contributed by atoms with Crippen molar-refractivity contribution in [3.05, 3.63) is 76.0 Å². The van der Waals surface area contributed by atoms with Crippen molar-refractivity contribution in [3.63, 3.8) is 0 Å². The molecular weight excluding hydrogens is 581 g/mol. The van der Waals surface area contributed by atoms with Gasteiger partial charge < -0.3 is 31.1 Å². The number of allylic oxidation sites excluding steroid dienone is 5. The van der Waals surface area contributed by atoms with E-state index in [2.05, 4.69) is 78.7 Å². The average molecular weight is 633 g/mol. The van der Waals surface area contributed by atoms with Gasteiger partial charge in [-0.3, -0.25) is 9.59 Å². The van der Waals surface area contributed by atoms with Crippen molar-refractivity contribution in [1.29, 1.82) is 0 Å². The minimum absolute atomic E-state index is 0.145. The number of likely N-dealkylation sites (tertiary alicyclic amines) is 1. The zero-order valence-corrected chi connectivity index (χ0v) is 28.7. The van der Waals surface area contributed by atoms with Crippen molar-refractivity contribution >= 4 is 41.5 Å². The number of anilines is 2. The number of benzene rings is 1. The maximum atomic E-state index is 12.6. The Balaban J connectivity index is 1.46. The van der Waals surface area contributed by atoms with E-state index in [4.69, 9.17) is 0 Å². The van der Waals surface area contributed by atoms with E-state index in [0.717, 1.165) is 92.1 Å². The van der Waals surface area contributed by atoms with E-state index < -0.39 is 6.17 Å². The number of carbonyl (C=O) groups excluding carboxylic acids is 2. The Morgan fingerprint density at radius 1 is 1.18 bits per heavy atom. The SMILES string of the molecule is C=C(c1cc2c(cc1C)NC(/C(C=O)=C(/C=C\NC)NCC(C)CSC1=CC=C(C)CC1C)N2)N(C=O)C1CCN(CC)CC1. The van der Waals surface area contributed by atoms with Crippen molar-refractivity contribution < 1.29 is 9.59 Å². The predicted octanol–water partition coefficient (Wildman–Crippen LogP) is 6.09. The highest BCUT2D eigenvalue weighted by Gasteiger charge is 2.29. The van der Waals surface area contributed by atoms with Crippen LogP contribution in [0.3, 0.4) is 0 Å². The Morgan fingerprint density at radius 2 is 1.89 bits per heavy atom. The molecule has 0 saturated carbocycles. The maximum absolute atomic E-state index is 12.6. The van der Waals surface area contributed by atoms with Crippen LogP contribution in [0.25, 0.3) is 5.70 Å². The summed E-state index contributed by atoms with van der Waals surface area (Å²) in [4.78, 5) is 30.5. The Labute approximate surface area is 274 Å². The highest BCUT2D eigenvalue weighted by Crippen LogP contribution is 2.37. The van der Waals surface area contributed by atoms with E-state index in [-0.39, 0.29) is 6.04 Å². The van der Waals surface area contributed by atoms with Gasteiger partial charge in [0.15, 0.2) is 6.29 Å². The van der Waals surface area contributed by atoms with Crippen molar-refractivity contribution in [1.82, 2.24) is 20.4 Å². The van der Waals surface area contributed by atoms with Crippen molar-refractivity contribution in [2.75, 3.05) is 49.6 Å². The van der Waals surface area contributed by atoms with Gasteiger partial charge in [0.1, 0.15) is 6.17 Å². The van der Waals surface area contributed by atoms with Gasteiger partial charge >= 0.3 is 0 Å². The van der Waals surface area contributed by atoms with Gasteiger partial charge in [0, 0.05) is 55.4 Å². The highest BCUT2D eigenvalue weighted by atomic mass is 32.2. The Hall–Kier alpha value is -3.43. The molecule has 3 unspecified atom stereocenters. The van der Waals surface area contributed by atoms with E-state index in [9.17, 15) is 9.59 Å². The summed E-state index contributed by atoms with van der Waals surface area (Å²) >= 11 is 1.94. The molecular formula is C36H52N6O2S. The first-order valence-electron chi connectivity index (χ1n) is 16.3. The highest BCUT2D eigenvalue weighted by molar-refractivity contribution is 8.03. The number of hydrogen-bond acceptors (Lipinski definition) is 8. The molecule has 45 heavy (non-hydrogen) atoms. The van der Waals surface area contributed by atoms with Crippen LogP contribution in [0, 0.1) is 18.8 Å².